The molecule has 0 aromatic carbocycles. The first-order chi connectivity index (χ1) is 10.7. The standard InChI is InChI=1S/C17H22O6/c1-8-4-11-16(6-18,13(21)12(8)20)15(3)5-10(9(2)19)14(23-11)17(15)7-22-17/h4,10-11,13-14,18,21H,5-7H2,1-3H3/t10-,11+,13+,14+,15+,16+,17?/m1/s1. The minimum absolute atomic E-state index is 0.0156. The topological polar surface area (TPSA) is 96.4 Å². The zero-order valence-electron chi connectivity index (χ0n) is 13.5. The average Bonchev–Trinajstić information content (AvgIpc) is 3.26. The third kappa shape index (κ3) is 1.45. The van der Waals surface area contributed by atoms with Crippen molar-refractivity contribution in [3.8, 4) is 0 Å². The third-order valence-corrected chi connectivity index (χ3v) is 6.98. The number of aliphatic hydroxyl groups is 2. The molecule has 1 unspecified atom stereocenters. The Hall–Kier alpha value is -1.08. The normalized spacial score (nSPS) is 54.0. The molecule has 0 radical (unpaired) electrons. The number of epoxide rings is 1. The molecular formula is C17H22O6. The van der Waals surface area contributed by atoms with Crippen LogP contribution in [0.2, 0.25) is 0 Å². The quantitative estimate of drug-likeness (QED) is 0.695. The van der Waals surface area contributed by atoms with Crippen molar-refractivity contribution in [2.75, 3.05) is 13.2 Å². The summed E-state index contributed by atoms with van der Waals surface area (Å²) in [5, 5.41) is 21.1. The summed E-state index contributed by atoms with van der Waals surface area (Å²) in [6.45, 7) is 5.13. The molecule has 1 saturated carbocycles. The van der Waals surface area contributed by atoms with Crippen molar-refractivity contribution in [2.24, 2.45) is 16.7 Å². The van der Waals surface area contributed by atoms with Gasteiger partial charge in [0, 0.05) is 11.3 Å². The van der Waals surface area contributed by atoms with Gasteiger partial charge in [-0.3, -0.25) is 9.59 Å². The van der Waals surface area contributed by atoms with E-state index >= 15 is 0 Å². The number of ketones is 2. The van der Waals surface area contributed by atoms with Crippen molar-refractivity contribution in [1.82, 2.24) is 0 Å². The van der Waals surface area contributed by atoms with Gasteiger partial charge in [0.2, 0.25) is 0 Å². The highest BCUT2D eigenvalue weighted by Gasteiger charge is 2.83. The lowest BCUT2D eigenvalue weighted by Crippen LogP contribution is -2.70. The predicted molar refractivity (Wildman–Crippen MR) is 78.5 cm³/mol. The molecule has 0 aromatic rings. The number of carbonyl (C=O) groups is 2. The third-order valence-electron chi connectivity index (χ3n) is 6.98. The van der Waals surface area contributed by atoms with E-state index in [1.165, 1.54) is 6.92 Å². The number of hydrogen-bond acceptors (Lipinski definition) is 6. The molecule has 2 aliphatic heterocycles. The monoisotopic (exact) mass is 322 g/mol. The molecule has 2 bridgehead atoms. The minimum Gasteiger partial charge on any atom is -0.396 e. The van der Waals surface area contributed by atoms with Crippen LogP contribution >= 0.6 is 0 Å². The van der Waals surface area contributed by atoms with Gasteiger partial charge in [-0.15, -0.1) is 0 Å². The number of aliphatic hydroxyl groups excluding tert-OH is 2. The second-order valence-electron chi connectivity index (χ2n) is 7.72. The van der Waals surface area contributed by atoms with Crippen LogP contribution in [0.5, 0.6) is 0 Å². The van der Waals surface area contributed by atoms with Crippen molar-refractivity contribution >= 4 is 11.6 Å². The number of carbonyl (C=O) groups excluding carboxylic acids is 2. The molecule has 3 fully saturated rings. The number of hydrogen-bond donors (Lipinski definition) is 2. The van der Waals surface area contributed by atoms with Crippen LogP contribution in [0.15, 0.2) is 11.6 Å². The van der Waals surface area contributed by atoms with E-state index in [9.17, 15) is 19.8 Å². The Balaban J connectivity index is 1.93. The molecule has 126 valence electrons. The van der Waals surface area contributed by atoms with Gasteiger partial charge in [-0.2, -0.15) is 0 Å². The van der Waals surface area contributed by atoms with Gasteiger partial charge in [0.15, 0.2) is 5.78 Å². The van der Waals surface area contributed by atoms with Gasteiger partial charge in [0.25, 0.3) is 0 Å². The molecule has 7 atom stereocenters. The molecule has 2 aliphatic carbocycles. The van der Waals surface area contributed by atoms with Crippen LogP contribution in [0.1, 0.15) is 27.2 Å². The number of Topliss-reactive ketones (excluding diaryl/α,β-unsaturated/α-hetero) is 2. The molecule has 0 amide bonds. The Kier molecular flexibility index (Phi) is 2.89. The first-order valence-corrected chi connectivity index (χ1v) is 8.06. The van der Waals surface area contributed by atoms with Crippen molar-refractivity contribution in [2.45, 2.75) is 51.1 Å². The maximum Gasteiger partial charge on any atom is 0.187 e. The Morgan fingerprint density at radius 3 is 2.65 bits per heavy atom. The summed E-state index contributed by atoms with van der Waals surface area (Å²) in [4.78, 5) is 24.5. The van der Waals surface area contributed by atoms with Crippen molar-refractivity contribution in [1.29, 1.82) is 0 Å². The Morgan fingerprint density at radius 2 is 2.13 bits per heavy atom. The van der Waals surface area contributed by atoms with Crippen LogP contribution in [0.25, 0.3) is 0 Å². The highest BCUT2D eigenvalue weighted by molar-refractivity contribution is 6.00. The minimum atomic E-state index is -1.36. The van der Waals surface area contributed by atoms with Gasteiger partial charge in [-0.25, -0.2) is 0 Å². The summed E-state index contributed by atoms with van der Waals surface area (Å²) in [5.41, 5.74) is -2.14. The molecule has 4 rings (SSSR count). The molecule has 2 N–H and O–H groups in total. The lowest BCUT2D eigenvalue weighted by molar-refractivity contribution is -0.242. The fourth-order valence-electron chi connectivity index (χ4n) is 5.41. The SMILES string of the molecule is CC(=O)[C@H]1C[C@]2(C)C3(CO3)[C@H]1O[C@H]1C=C(C)C(=O)[C@H](O)[C@]12CO. The fourth-order valence-corrected chi connectivity index (χ4v) is 5.41. The first-order valence-electron chi connectivity index (χ1n) is 8.06. The predicted octanol–water partition coefficient (Wildman–Crippen LogP) is 0.00660. The summed E-state index contributed by atoms with van der Waals surface area (Å²) in [5.74, 6) is -0.713. The lowest BCUT2D eigenvalue weighted by Gasteiger charge is -2.58. The average molecular weight is 322 g/mol. The molecule has 1 spiro atoms. The molecule has 2 heterocycles. The Labute approximate surface area is 134 Å². The smallest absolute Gasteiger partial charge is 0.187 e. The summed E-state index contributed by atoms with van der Waals surface area (Å²) >= 11 is 0. The first kappa shape index (κ1) is 15.4. The summed E-state index contributed by atoms with van der Waals surface area (Å²) in [6.07, 6.45) is -0.219. The van der Waals surface area contributed by atoms with Crippen molar-refractivity contribution in [3.63, 3.8) is 0 Å². The van der Waals surface area contributed by atoms with E-state index in [0.717, 1.165) is 0 Å². The zero-order chi connectivity index (χ0) is 16.8. The highest BCUT2D eigenvalue weighted by atomic mass is 16.6. The van der Waals surface area contributed by atoms with Crippen molar-refractivity contribution < 1.29 is 29.3 Å². The largest absolute Gasteiger partial charge is 0.396 e. The summed E-state index contributed by atoms with van der Waals surface area (Å²) < 4.78 is 11.9. The second kappa shape index (κ2) is 4.30. The molecular weight excluding hydrogens is 300 g/mol. The molecule has 2 saturated heterocycles. The fraction of sp³-hybridized carbons (Fsp3) is 0.765. The molecule has 4 aliphatic rings. The lowest BCUT2D eigenvalue weighted by atomic mass is 9.50. The molecule has 23 heavy (non-hydrogen) atoms. The van der Waals surface area contributed by atoms with Gasteiger partial charge < -0.3 is 19.7 Å². The van der Waals surface area contributed by atoms with Crippen LogP contribution in [0.3, 0.4) is 0 Å². The molecule has 0 aromatic heterocycles. The Morgan fingerprint density at radius 1 is 1.48 bits per heavy atom. The second-order valence-corrected chi connectivity index (χ2v) is 7.72. The van der Waals surface area contributed by atoms with Crippen LogP contribution in [-0.4, -0.2) is 58.9 Å². The van der Waals surface area contributed by atoms with E-state index in [2.05, 4.69) is 0 Å². The molecule has 6 nitrogen and oxygen atoms in total. The van der Waals surface area contributed by atoms with Crippen LogP contribution in [0, 0.1) is 16.7 Å². The maximum absolute atomic E-state index is 12.4. The van der Waals surface area contributed by atoms with E-state index < -0.39 is 35.2 Å². The maximum atomic E-state index is 12.4. The van der Waals surface area contributed by atoms with Gasteiger partial charge in [-0.1, -0.05) is 6.92 Å². The van der Waals surface area contributed by atoms with Gasteiger partial charge in [-0.05, 0) is 31.9 Å². The van der Waals surface area contributed by atoms with Crippen molar-refractivity contribution in [3.05, 3.63) is 11.6 Å². The van der Waals surface area contributed by atoms with E-state index in [0.29, 0.717) is 18.6 Å². The number of ether oxygens (including phenoxy) is 2. The van der Waals surface area contributed by atoms with E-state index in [1.807, 2.05) is 6.92 Å². The zero-order valence-corrected chi connectivity index (χ0v) is 13.5. The summed E-state index contributed by atoms with van der Waals surface area (Å²) in [6, 6.07) is 0. The van der Waals surface area contributed by atoms with Gasteiger partial charge in [0.05, 0.1) is 30.8 Å². The van der Waals surface area contributed by atoms with Gasteiger partial charge >= 0.3 is 0 Å². The number of fused-ring (bicyclic) bond motifs is 2. The highest BCUT2D eigenvalue weighted by Crippen LogP contribution is 2.72. The van der Waals surface area contributed by atoms with Crippen LogP contribution in [-0.2, 0) is 19.1 Å². The van der Waals surface area contributed by atoms with Crippen LogP contribution in [0.4, 0.5) is 0 Å². The van der Waals surface area contributed by atoms with E-state index in [1.54, 1.807) is 13.0 Å². The summed E-state index contributed by atoms with van der Waals surface area (Å²) in [7, 11) is 0. The van der Waals surface area contributed by atoms with E-state index in [-0.39, 0.29) is 23.6 Å². The van der Waals surface area contributed by atoms with Crippen LogP contribution < -0.4 is 0 Å². The number of rotatable bonds is 2. The van der Waals surface area contributed by atoms with Gasteiger partial charge in [0.1, 0.15) is 17.5 Å². The Bertz CT molecular complexity index is 635. The van der Waals surface area contributed by atoms with E-state index in [4.69, 9.17) is 9.47 Å². The molecule has 6 heteroatoms.